The summed E-state index contributed by atoms with van der Waals surface area (Å²) in [5.41, 5.74) is 0.724. The highest BCUT2D eigenvalue weighted by molar-refractivity contribution is 6.11. The molecule has 0 fully saturated rings. The largest absolute Gasteiger partial charge is 0.455 e. The van der Waals surface area contributed by atoms with Crippen molar-refractivity contribution in [2.45, 2.75) is 0 Å². The van der Waals surface area contributed by atoms with E-state index in [9.17, 15) is 4.11 Å². The monoisotopic (exact) mass is 576 g/mol. The van der Waals surface area contributed by atoms with Crippen LogP contribution in [0.5, 0.6) is 0 Å². The molecule has 3 heterocycles. The predicted octanol–water partition coefficient (Wildman–Crippen LogP) is 9.87. The standard InChI is InChI=1S/C39H24N4O/c1-3-12-25(13-4-1)37-40-38(42-39(41-37)32-19-11-18-31-30-17-8-10-21-35(30)44-36(31)32)26-22-23-29-28-16-7-9-20-33(28)43(34(29)24-26)27-14-5-2-6-15-27/h1-24H/i2D,5D,6D,7D,9D,14D,15D,16D,20D,22D,23D,24D. The Hall–Kier alpha value is -6.07. The highest BCUT2D eigenvalue weighted by atomic mass is 16.3. The van der Waals surface area contributed by atoms with Gasteiger partial charge in [0, 0.05) is 38.4 Å². The number of furan rings is 1. The minimum absolute atomic E-state index is 0.120. The van der Waals surface area contributed by atoms with Crippen molar-refractivity contribution in [3.8, 4) is 39.9 Å². The number of fused-ring (bicyclic) bond motifs is 6. The summed E-state index contributed by atoms with van der Waals surface area (Å²) in [7, 11) is 0. The molecule has 0 aliphatic carbocycles. The number of hydrogen-bond donors (Lipinski definition) is 0. The first-order valence-corrected chi connectivity index (χ1v) is 13.7. The van der Waals surface area contributed by atoms with Crippen molar-refractivity contribution in [1.29, 1.82) is 0 Å². The second-order valence-corrected chi connectivity index (χ2v) is 9.96. The van der Waals surface area contributed by atoms with E-state index in [-0.39, 0.29) is 44.8 Å². The molecule has 0 aliphatic heterocycles. The molecule has 5 nitrogen and oxygen atoms in total. The molecule has 0 spiro atoms. The molecule has 0 unspecified atom stereocenters. The van der Waals surface area contributed by atoms with Gasteiger partial charge in [0.1, 0.15) is 11.2 Å². The van der Waals surface area contributed by atoms with E-state index in [4.69, 9.17) is 31.7 Å². The van der Waals surface area contributed by atoms with Crippen molar-refractivity contribution in [2.24, 2.45) is 0 Å². The number of hydrogen-bond acceptors (Lipinski definition) is 4. The summed E-state index contributed by atoms with van der Waals surface area (Å²) in [6.45, 7) is 0. The molecule has 3 aromatic heterocycles. The molecule has 9 aromatic rings. The van der Waals surface area contributed by atoms with Crippen LogP contribution in [0.3, 0.4) is 0 Å². The van der Waals surface area contributed by atoms with Gasteiger partial charge in [-0.2, -0.15) is 0 Å². The van der Waals surface area contributed by atoms with Gasteiger partial charge < -0.3 is 8.98 Å². The van der Waals surface area contributed by atoms with Crippen LogP contribution in [-0.2, 0) is 0 Å². The van der Waals surface area contributed by atoms with Gasteiger partial charge in [-0.15, -0.1) is 0 Å². The average Bonchev–Trinajstić information content (AvgIpc) is 3.77. The summed E-state index contributed by atoms with van der Waals surface area (Å²) in [6.07, 6.45) is 0. The minimum atomic E-state index is -0.721. The van der Waals surface area contributed by atoms with E-state index in [0.717, 1.165) is 15.3 Å². The lowest BCUT2D eigenvalue weighted by Crippen LogP contribution is -2.00. The van der Waals surface area contributed by atoms with Crippen molar-refractivity contribution in [1.82, 2.24) is 19.5 Å². The summed E-state index contributed by atoms with van der Waals surface area (Å²) in [4.78, 5) is 14.3. The molecule has 0 amide bonds. The number of rotatable bonds is 4. The molecule has 44 heavy (non-hydrogen) atoms. The first kappa shape index (κ1) is 15.4. The van der Waals surface area contributed by atoms with E-state index >= 15 is 0 Å². The fourth-order valence-corrected chi connectivity index (χ4v) is 5.45. The Labute approximate surface area is 269 Å². The van der Waals surface area contributed by atoms with Gasteiger partial charge in [-0.05, 0) is 36.3 Å². The van der Waals surface area contributed by atoms with E-state index in [1.54, 1.807) is 30.3 Å². The molecule has 5 heteroatoms. The number of para-hydroxylation sites is 4. The normalized spacial score (nSPS) is 15.5. The first-order valence-electron chi connectivity index (χ1n) is 19.7. The SMILES string of the molecule is [2H]c1c([2H])c([2H])c(-n2c3c([2H])c([2H])c([2H])c([2H])c3c3c([2H])c([2H])c(-c4nc(-c5ccccc5)nc(-c5cccc6c5oc5ccccc56)n4)c([2H])c32)c([2H])c1[2H]. The van der Waals surface area contributed by atoms with Gasteiger partial charge in [0.25, 0.3) is 0 Å². The van der Waals surface area contributed by atoms with Gasteiger partial charge in [0.05, 0.1) is 33.0 Å². The van der Waals surface area contributed by atoms with Gasteiger partial charge in [-0.3, -0.25) is 0 Å². The van der Waals surface area contributed by atoms with Crippen LogP contribution in [0.4, 0.5) is 0 Å². The lowest BCUT2D eigenvalue weighted by Gasteiger charge is -2.10. The topological polar surface area (TPSA) is 56.7 Å². The molecule has 6 aromatic carbocycles. The molecule has 206 valence electrons. The summed E-state index contributed by atoms with van der Waals surface area (Å²) in [6, 6.07) is 14.2. The minimum Gasteiger partial charge on any atom is -0.455 e. The van der Waals surface area contributed by atoms with Crippen LogP contribution < -0.4 is 0 Å². The fraction of sp³-hybridized carbons (Fsp3) is 0. The molecule has 0 atom stereocenters. The second-order valence-electron chi connectivity index (χ2n) is 9.96. The average molecular weight is 577 g/mol. The lowest BCUT2D eigenvalue weighted by atomic mass is 10.1. The predicted molar refractivity (Wildman–Crippen MR) is 178 cm³/mol. The van der Waals surface area contributed by atoms with Crippen LogP contribution in [0.25, 0.3) is 83.6 Å². The maximum absolute atomic E-state index is 9.72. The highest BCUT2D eigenvalue weighted by Gasteiger charge is 2.19. The lowest BCUT2D eigenvalue weighted by molar-refractivity contribution is 0.669. The quantitative estimate of drug-likeness (QED) is 0.209. The molecule has 0 bridgehead atoms. The van der Waals surface area contributed by atoms with Gasteiger partial charge in [-0.25, -0.2) is 15.0 Å². The van der Waals surface area contributed by atoms with Gasteiger partial charge in [0.2, 0.25) is 0 Å². The van der Waals surface area contributed by atoms with Crippen LogP contribution in [0.1, 0.15) is 16.4 Å². The summed E-state index contributed by atoms with van der Waals surface area (Å²) in [5, 5.41) is 1.15. The molecular weight excluding hydrogens is 540 g/mol. The van der Waals surface area contributed by atoms with E-state index in [1.165, 1.54) is 0 Å². The van der Waals surface area contributed by atoms with Crippen molar-refractivity contribution < 1.29 is 20.9 Å². The smallest absolute Gasteiger partial charge is 0.167 e. The summed E-state index contributed by atoms with van der Waals surface area (Å²) >= 11 is 0. The molecule has 0 aliphatic rings. The molecule has 9 rings (SSSR count). The van der Waals surface area contributed by atoms with E-state index in [0.29, 0.717) is 22.3 Å². The Morgan fingerprint density at radius 3 is 2.11 bits per heavy atom. The molecule has 0 N–H and O–H groups in total. The summed E-state index contributed by atoms with van der Waals surface area (Å²) < 4.78 is 113. The summed E-state index contributed by atoms with van der Waals surface area (Å²) in [5.74, 6) is 0.0781. The Morgan fingerprint density at radius 1 is 0.523 bits per heavy atom. The third-order valence-corrected chi connectivity index (χ3v) is 7.40. The zero-order chi connectivity index (χ0) is 39.5. The van der Waals surface area contributed by atoms with Gasteiger partial charge >= 0.3 is 0 Å². The molecule has 0 saturated heterocycles. The van der Waals surface area contributed by atoms with Crippen molar-refractivity contribution >= 4 is 43.7 Å². The Kier molecular flexibility index (Phi) is 3.42. The Balaban J connectivity index is 1.45. The van der Waals surface area contributed by atoms with Gasteiger partial charge in [-0.1, -0.05) is 109 Å². The Morgan fingerprint density at radius 2 is 1.23 bits per heavy atom. The maximum atomic E-state index is 9.72. The van der Waals surface area contributed by atoms with E-state index in [1.807, 2.05) is 42.5 Å². The van der Waals surface area contributed by atoms with Crippen LogP contribution in [0, 0.1) is 0 Å². The Bertz CT molecular complexity index is 3150. The van der Waals surface area contributed by atoms with Crippen molar-refractivity contribution in [2.75, 3.05) is 0 Å². The molecule has 0 saturated carbocycles. The molecule has 0 radical (unpaired) electrons. The fourth-order valence-electron chi connectivity index (χ4n) is 5.45. The van der Waals surface area contributed by atoms with E-state index in [2.05, 4.69) is 0 Å². The van der Waals surface area contributed by atoms with Crippen LogP contribution in [0.2, 0.25) is 0 Å². The maximum Gasteiger partial charge on any atom is 0.167 e. The number of nitrogens with zero attached hydrogens (tertiary/aromatic N) is 4. The van der Waals surface area contributed by atoms with E-state index < -0.39 is 78.2 Å². The first-order chi connectivity index (χ1) is 26.8. The zero-order valence-electron chi connectivity index (χ0n) is 34.6. The number of aromatic nitrogens is 4. The van der Waals surface area contributed by atoms with Gasteiger partial charge in [0.15, 0.2) is 17.5 Å². The zero-order valence-corrected chi connectivity index (χ0v) is 22.6. The molecular formula is C39H24N4O. The number of benzene rings is 6. The highest BCUT2D eigenvalue weighted by Crippen LogP contribution is 2.37. The van der Waals surface area contributed by atoms with Crippen LogP contribution >= 0.6 is 0 Å². The van der Waals surface area contributed by atoms with Crippen molar-refractivity contribution in [3.05, 3.63) is 145 Å². The van der Waals surface area contributed by atoms with Crippen molar-refractivity contribution in [3.63, 3.8) is 0 Å². The van der Waals surface area contributed by atoms with Crippen LogP contribution in [0.15, 0.2) is 150 Å². The second kappa shape index (κ2) is 9.75. The third-order valence-electron chi connectivity index (χ3n) is 7.40. The van der Waals surface area contributed by atoms with Crippen LogP contribution in [-0.4, -0.2) is 19.5 Å². The third kappa shape index (κ3) is 3.83.